The van der Waals surface area contributed by atoms with Crippen LogP contribution in [0.5, 0.6) is 5.75 Å². The third-order valence-electron chi connectivity index (χ3n) is 8.12. The van der Waals surface area contributed by atoms with E-state index in [9.17, 15) is 18.4 Å². The van der Waals surface area contributed by atoms with Gasteiger partial charge in [0, 0.05) is 65.0 Å². The SMILES string of the molecule is CC(=O)N1CCc2nc(N3CCC(Oc4ccc(F)cc4F)CC3)c(-c3cnc4n3CCN(C(=O)OC(C)(C)C)C4)nc2C1. The van der Waals surface area contributed by atoms with Crippen molar-refractivity contribution in [3.63, 3.8) is 0 Å². The Hall–Kier alpha value is -4.29. The summed E-state index contributed by atoms with van der Waals surface area (Å²) in [6, 6.07) is 3.33. The fourth-order valence-electron chi connectivity index (χ4n) is 5.85. The number of ether oxygens (including phenoxy) is 2. The standard InChI is InChI=1S/C31H37F2N7O4/c1-19(41)38-12-9-23-24(17-38)35-28(25-16-34-27-18-39(13-14-40(25)27)30(42)44-31(2,3)4)29(36-23)37-10-7-21(8-11-37)43-26-6-5-20(32)15-22(26)33/h5-6,15-16,21H,7-14,17-18H2,1-4H3. The average molecular weight is 610 g/mol. The molecule has 0 radical (unpaired) electrons. The topological polar surface area (TPSA) is 106 Å². The number of halogens is 2. The molecule has 0 atom stereocenters. The van der Waals surface area contributed by atoms with Crippen LogP contribution >= 0.6 is 0 Å². The minimum absolute atomic E-state index is 0.00768. The third kappa shape index (κ3) is 6.18. The number of benzene rings is 1. The van der Waals surface area contributed by atoms with Crippen molar-refractivity contribution in [1.82, 2.24) is 29.3 Å². The Kier molecular flexibility index (Phi) is 7.89. The van der Waals surface area contributed by atoms with Gasteiger partial charge in [-0.3, -0.25) is 9.69 Å². The van der Waals surface area contributed by atoms with Crippen LogP contribution in [0.3, 0.4) is 0 Å². The molecule has 1 fully saturated rings. The summed E-state index contributed by atoms with van der Waals surface area (Å²) in [7, 11) is 0. The third-order valence-corrected chi connectivity index (χ3v) is 8.12. The number of amides is 2. The van der Waals surface area contributed by atoms with E-state index in [0.29, 0.717) is 70.8 Å². The van der Waals surface area contributed by atoms with E-state index < -0.39 is 17.2 Å². The Labute approximate surface area is 254 Å². The van der Waals surface area contributed by atoms with Crippen LogP contribution in [0.25, 0.3) is 11.4 Å². The van der Waals surface area contributed by atoms with E-state index in [1.807, 2.05) is 20.8 Å². The maximum absolute atomic E-state index is 14.2. The van der Waals surface area contributed by atoms with E-state index in [0.717, 1.165) is 34.8 Å². The summed E-state index contributed by atoms with van der Waals surface area (Å²) in [5.74, 6) is 0.122. The largest absolute Gasteiger partial charge is 0.487 e. The van der Waals surface area contributed by atoms with Gasteiger partial charge in [-0.05, 0) is 32.9 Å². The quantitative estimate of drug-likeness (QED) is 0.431. The Morgan fingerprint density at radius 3 is 2.43 bits per heavy atom. The lowest BCUT2D eigenvalue weighted by Crippen LogP contribution is -2.42. The summed E-state index contributed by atoms with van der Waals surface area (Å²) in [5.41, 5.74) is 2.49. The van der Waals surface area contributed by atoms with Crippen LogP contribution in [0.2, 0.25) is 0 Å². The number of nitrogens with zero attached hydrogens (tertiary/aromatic N) is 7. The lowest BCUT2D eigenvalue weighted by atomic mass is 10.1. The van der Waals surface area contributed by atoms with Crippen molar-refractivity contribution in [3.8, 4) is 17.1 Å². The van der Waals surface area contributed by atoms with Gasteiger partial charge in [-0.2, -0.15) is 0 Å². The maximum Gasteiger partial charge on any atom is 0.410 e. The van der Waals surface area contributed by atoms with Crippen molar-refractivity contribution in [1.29, 1.82) is 0 Å². The van der Waals surface area contributed by atoms with Crippen LogP contribution in [-0.2, 0) is 35.6 Å². The minimum Gasteiger partial charge on any atom is -0.487 e. The molecule has 0 N–H and O–H groups in total. The molecule has 13 heteroatoms. The van der Waals surface area contributed by atoms with Crippen LogP contribution in [-0.4, -0.2) is 79.2 Å². The van der Waals surface area contributed by atoms with E-state index in [-0.39, 0.29) is 23.9 Å². The first kappa shape index (κ1) is 29.8. The lowest BCUT2D eigenvalue weighted by Gasteiger charge is -2.35. The smallest absolute Gasteiger partial charge is 0.410 e. The molecular weight excluding hydrogens is 572 g/mol. The number of hydrogen-bond acceptors (Lipinski definition) is 8. The molecule has 0 spiro atoms. The molecule has 6 rings (SSSR count). The van der Waals surface area contributed by atoms with Crippen LogP contribution in [0, 0.1) is 11.6 Å². The fraction of sp³-hybridized carbons (Fsp3) is 0.516. The molecule has 2 amide bonds. The van der Waals surface area contributed by atoms with E-state index in [1.54, 1.807) is 22.9 Å². The molecule has 5 heterocycles. The first-order valence-corrected chi connectivity index (χ1v) is 15.0. The number of aromatic nitrogens is 4. The number of anilines is 1. The summed E-state index contributed by atoms with van der Waals surface area (Å²) in [5, 5.41) is 0. The zero-order valence-electron chi connectivity index (χ0n) is 25.5. The zero-order valence-corrected chi connectivity index (χ0v) is 25.5. The lowest BCUT2D eigenvalue weighted by molar-refractivity contribution is -0.129. The second kappa shape index (κ2) is 11.7. The van der Waals surface area contributed by atoms with E-state index >= 15 is 0 Å². The Bertz CT molecular complexity index is 1580. The second-order valence-corrected chi connectivity index (χ2v) is 12.5. The van der Waals surface area contributed by atoms with Crippen LogP contribution in [0.1, 0.15) is 57.7 Å². The van der Waals surface area contributed by atoms with Gasteiger partial charge in [0.1, 0.15) is 29.0 Å². The molecule has 0 saturated carbocycles. The Balaban J connectivity index is 1.27. The molecule has 0 aliphatic carbocycles. The molecule has 11 nitrogen and oxygen atoms in total. The van der Waals surface area contributed by atoms with Gasteiger partial charge in [0.25, 0.3) is 0 Å². The molecular formula is C31H37F2N7O4. The van der Waals surface area contributed by atoms with Crippen LogP contribution in [0.15, 0.2) is 24.4 Å². The van der Waals surface area contributed by atoms with Crippen molar-refractivity contribution >= 4 is 17.8 Å². The second-order valence-electron chi connectivity index (χ2n) is 12.5. The van der Waals surface area contributed by atoms with Crippen molar-refractivity contribution in [3.05, 3.63) is 53.2 Å². The predicted octanol–water partition coefficient (Wildman–Crippen LogP) is 4.32. The predicted molar refractivity (Wildman–Crippen MR) is 157 cm³/mol. The van der Waals surface area contributed by atoms with E-state index in [2.05, 4.69) is 14.5 Å². The monoisotopic (exact) mass is 609 g/mol. The van der Waals surface area contributed by atoms with Crippen molar-refractivity contribution in [2.45, 2.75) is 78.3 Å². The first-order valence-electron chi connectivity index (χ1n) is 15.0. The zero-order chi connectivity index (χ0) is 31.2. The highest BCUT2D eigenvalue weighted by molar-refractivity contribution is 5.74. The number of hydrogen-bond donors (Lipinski definition) is 0. The van der Waals surface area contributed by atoms with Gasteiger partial charge >= 0.3 is 6.09 Å². The highest BCUT2D eigenvalue weighted by atomic mass is 19.1. The van der Waals surface area contributed by atoms with Gasteiger partial charge in [0.15, 0.2) is 17.4 Å². The normalized spacial score (nSPS) is 17.3. The first-order chi connectivity index (χ1) is 20.9. The molecule has 0 unspecified atom stereocenters. The van der Waals surface area contributed by atoms with Gasteiger partial charge < -0.3 is 23.8 Å². The summed E-state index contributed by atoms with van der Waals surface area (Å²) < 4.78 is 41.1. The van der Waals surface area contributed by atoms with Gasteiger partial charge in [0.2, 0.25) is 5.91 Å². The average Bonchev–Trinajstić information content (AvgIpc) is 3.40. The highest BCUT2D eigenvalue weighted by Gasteiger charge is 2.32. The van der Waals surface area contributed by atoms with Gasteiger partial charge in [0.05, 0.1) is 36.4 Å². The number of fused-ring (bicyclic) bond motifs is 2. The van der Waals surface area contributed by atoms with Crippen LogP contribution < -0.4 is 9.64 Å². The highest BCUT2D eigenvalue weighted by Crippen LogP contribution is 2.34. The summed E-state index contributed by atoms with van der Waals surface area (Å²) in [6.45, 7) is 10.5. The summed E-state index contributed by atoms with van der Waals surface area (Å²) >= 11 is 0. The number of carbonyl (C=O) groups excluding carboxylic acids is 2. The van der Waals surface area contributed by atoms with Crippen molar-refractivity contribution < 1.29 is 27.8 Å². The van der Waals surface area contributed by atoms with E-state index in [4.69, 9.17) is 19.4 Å². The molecule has 1 aromatic carbocycles. The molecule has 2 aromatic heterocycles. The van der Waals surface area contributed by atoms with E-state index in [1.165, 1.54) is 12.1 Å². The summed E-state index contributed by atoms with van der Waals surface area (Å²) in [4.78, 5) is 45.3. The molecule has 3 aliphatic heterocycles. The molecule has 44 heavy (non-hydrogen) atoms. The number of rotatable bonds is 4. The number of carbonyl (C=O) groups is 2. The molecule has 3 aromatic rings. The molecule has 234 valence electrons. The van der Waals surface area contributed by atoms with Gasteiger partial charge in [-0.15, -0.1) is 0 Å². The van der Waals surface area contributed by atoms with Gasteiger partial charge in [-0.25, -0.2) is 28.5 Å². The Morgan fingerprint density at radius 2 is 1.73 bits per heavy atom. The fourth-order valence-corrected chi connectivity index (χ4v) is 5.85. The summed E-state index contributed by atoms with van der Waals surface area (Å²) in [6.07, 6.45) is 2.99. The van der Waals surface area contributed by atoms with Gasteiger partial charge in [-0.1, -0.05) is 0 Å². The van der Waals surface area contributed by atoms with Crippen molar-refractivity contribution in [2.75, 3.05) is 31.1 Å². The molecule has 1 saturated heterocycles. The number of imidazole rings is 1. The van der Waals surface area contributed by atoms with Crippen molar-refractivity contribution in [2.24, 2.45) is 0 Å². The minimum atomic E-state index is -0.717. The molecule has 3 aliphatic rings. The Morgan fingerprint density at radius 1 is 0.955 bits per heavy atom. The maximum atomic E-state index is 14.2. The number of piperidine rings is 1. The van der Waals surface area contributed by atoms with Crippen LogP contribution in [0.4, 0.5) is 19.4 Å². The molecule has 0 bridgehead atoms.